The molecule has 4 rings (SSSR count). The van der Waals surface area contributed by atoms with E-state index in [-0.39, 0.29) is 17.4 Å². The van der Waals surface area contributed by atoms with Gasteiger partial charge in [0.2, 0.25) is 5.91 Å². The van der Waals surface area contributed by atoms with Gasteiger partial charge in [-0.2, -0.15) is 0 Å². The quantitative estimate of drug-likeness (QED) is 0.814. The molecule has 7 atom stereocenters. The molecule has 0 spiro atoms. The van der Waals surface area contributed by atoms with Gasteiger partial charge in [0.25, 0.3) is 0 Å². The largest absolute Gasteiger partial charge is 0.353 e. The summed E-state index contributed by atoms with van der Waals surface area (Å²) in [5.74, 6) is 3.84. The summed E-state index contributed by atoms with van der Waals surface area (Å²) in [4.78, 5) is 12.7. The second-order valence-corrected chi connectivity index (χ2v) is 8.15. The average Bonchev–Trinajstić information content (AvgIpc) is 3.12. The number of hydrogen-bond acceptors (Lipinski definition) is 2. The van der Waals surface area contributed by atoms with E-state index in [1.165, 1.54) is 32.1 Å². The minimum Gasteiger partial charge on any atom is -0.353 e. The Balaban J connectivity index is 1.44. The number of carbonyl (C=O) groups is 1. The van der Waals surface area contributed by atoms with Crippen molar-refractivity contribution in [2.24, 2.45) is 34.8 Å². The molecule has 0 aromatic heterocycles. The van der Waals surface area contributed by atoms with E-state index in [2.05, 4.69) is 12.2 Å². The second-order valence-electron chi connectivity index (χ2n) is 8.15. The zero-order chi connectivity index (χ0) is 13.9. The Morgan fingerprint density at radius 2 is 1.90 bits per heavy atom. The standard InChI is InChI=1S/C17H28N2O/c1-17(7-3-6-15(17)18)16(20)19-14-9-10-8-13(14)12-5-2-4-11(10)12/h10-15H,2-9,18H2,1H3,(H,19,20). The maximum Gasteiger partial charge on any atom is 0.227 e. The topological polar surface area (TPSA) is 55.1 Å². The number of carbonyl (C=O) groups excluding carboxylic acids is 1. The third-order valence-corrected chi connectivity index (χ3v) is 7.29. The highest BCUT2D eigenvalue weighted by Crippen LogP contribution is 2.58. The van der Waals surface area contributed by atoms with Gasteiger partial charge in [-0.05, 0) is 69.1 Å². The van der Waals surface area contributed by atoms with Gasteiger partial charge in [-0.3, -0.25) is 4.79 Å². The maximum absolute atomic E-state index is 12.7. The molecule has 3 nitrogen and oxygen atoms in total. The molecular formula is C17H28N2O. The molecule has 1 amide bonds. The molecule has 112 valence electrons. The van der Waals surface area contributed by atoms with Crippen LogP contribution in [-0.4, -0.2) is 18.0 Å². The van der Waals surface area contributed by atoms with Crippen LogP contribution in [0, 0.1) is 29.1 Å². The van der Waals surface area contributed by atoms with Gasteiger partial charge in [-0.1, -0.05) is 12.8 Å². The van der Waals surface area contributed by atoms with Gasteiger partial charge in [0.05, 0.1) is 5.41 Å². The van der Waals surface area contributed by atoms with Crippen LogP contribution in [0.25, 0.3) is 0 Å². The lowest BCUT2D eigenvalue weighted by molar-refractivity contribution is -0.131. The van der Waals surface area contributed by atoms with Gasteiger partial charge in [0.1, 0.15) is 0 Å². The number of nitrogens with two attached hydrogens (primary N) is 1. The van der Waals surface area contributed by atoms with Crippen molar-refractivity contribution in [3.8, 4) is 0 Å². The van der Waals surface area contributed by atoms with E-state index in [0.717, 1.165) is 42.9 Å². The van der Waals surface area contributed by atoms with Crippen molar-refractivity contribution in [3.05, 3.63) is 0 Å². The van der Waals surface area contributed by atoms with Crippen molar-refractivity contribution < 1.29 is 4.79 Å². The van der Waals surface area contributed by atoms with Crippen molar-refractivity contribution in [3.63, 3.8) is 0 Å². The van der Waals surface area contributed by atoms with E-state index >= 15 is 0 Å². The van der Waals surface area contributed by atoms with E-state index in [1.54, 1.807) is 0 Å². The summed E-state index contributed by atoms with van der Waals surface area (Å²) in [6.45, 7) is 2.07. The van der Waals surface area contributed by atoms with E-state index in [9.17, 15) is 4.79 Å². The van der Waals surface area contributed by atoms with E-state index in [0.29, 0.717) is 6.04 Å². The van der Waals surface area contributed by atoms with Crippen LogP contribution in [0.15, 0.2) is 0 Å². The molecule has 3 heteroatoms. The predicted molar refractivity (Wildman–Crippen MR) is 78.9 cm³/mol. The smallest absolute Gasteiger partial charge is 0.227 e. The summed E-state index contributed by atoms with van der Waals surface area (Å²) in [5.41, 5.74) is 5.88. The Kier molecular flexibility index (Phi) is 2.93. The fraction of sp³-hybridized carbons (Fsp3) is 0.941. The first kappa shape index (κ1) is 13.1. The zero-order valence-corrected chi connectivity index (χ0v) is 12.6. The number of rotatable bonds is 2. The normalized spacial score (nSPS) is 53.3. The molecule has 4 fully saturated rings. The van der Waals surface area contributed by atoms with Crippen LogP contribution < -0.4 is 11.1 Å². The molecule has 3 N–H and O–H groups in total. The SMILES string of the molecule is CC1(C(=O)NC2CC3CC2C2CCCC32)CCCC1N. The van der Waals surface area contributed by atoms with Crippen molar-refractivity contribution in [1.29, 1.82) is 0 Å². The fourth-order valence-electron chi connectivity index (χ4n) is 6.04. The molecule has 0 heterocycles. The zero-order valence-electron chi connectivity index (χ0n) is 12.6. The average molecular weight is 276 g/mol. The Bertz CT molecular complexity index is 423. The summed E-state index contributed by atoms with van der Waals surface area (Å²) >= 11 is 0. The Morgan fingerprint density at radius 1 is 1.10 bits per heavy atom. The van der Waals surface area contributed by atoms with E-state index in [4.69, 9.17) is 5.73 Å². The third kappa shape index (κ3) is 1.71. The van der Waals surface area contributed by atoms with E-state index in [1.807, 2.05) is 0 Å². The molecule has 0 saturated heterocycles. The minimum absolute atomic E-state index is 0.0559. The van der Waals surface area contributed by atoms with Crippen LogP contribution in [0.5, 0.6) is 0 Å². The maximum atomic E-state index is 12.7. The summed E-state index contributed by atoms with van der Waals surface area (Å²) in [6, 6.07) is 0.511. The first-order chi connectivity index (χ1) is 9.59. The molecule has 4 saturated carbocycles. The van der Waals surface area contributed by atoms with Crippen LogP contribution in [0.1, 0.15) is 58.3 Å². The van der Waals surface area contributed by atoms with Crippen LogP contribution in [0.4, 0.5) is 0 Å². The number of nitrogens with one attached hydrogen (secondary N) is 1. The van der Waals surface area contributed by atoms with Gasteiger partial charge >= 0.3 is 0 Å². The van der Waals surface area contributed by atoms with Crippen molar-refractivity contribution in [1.82, 2.24) is 5.32 Å². The number of hydrogen-bond donors (Lipinski definition) is 2. The first-order valence-corrected chi connectivity index (χ1v) is 8.66. The highest BCUT2D eigenvalue weighted by Gasteiger charge is 2.55. The minimum atomic E-state index is -0.309. The molecular weight excluding hydrogens is 248 g/mol. The Hall–Kier alpha value is -0.570. The molecule has 7 unspecified atom stereocenters. The summed E-state index contributed by atoms with van der Waals surface area (Å²) in [6.07, 6.45) is 9.98. The fourth-order valence-corrected chi connectivity index (χ4v) is 6.04. The first-order valence-electron chi connectivity index (χ1n) is 8.66. The van der Waals surface area contributed by atoms with Crippen LogP contribution >= 0.6 is 0 Å². The van der Waals surface area contributed by atoms with Gasteiger partial charge in [0, 0.05) is 12.1 Å². The molecule has 4 aliphatic carbocycles. The number of amides is 1. The van der Waals surface area contributed by atoms with Crippen molar-refractivity contribution in [2.75, 3.05) is 0 Å². The van der Waals surface area contributed by atoms with Crippen LogP contribution in [0.3, 0.4) is 0 Å². The Labute approximate surface area is 122 Å². The summed E-state index contributed by atoms with van der Waals surface area (Å²) in [7, 11) is 0. The summed E-state index contributed by atoms with van der Waals surface area (Å²) in [5, 5.41) is 3.42. The lowest BCUT2D eigenvalue weighted by atomic mass is 9.78. The van der Waals surface area contributed by atoms with E-state index < -0.39 is 0 Å². The molecule has 0 aromatic rings. The highest BCUT2D eigenvalue weighted by atomic mass is 16.2. The third-order valence-electron chi connectivity index (χ3n) is 7.29. The lowest BCUT2D eigenvalue weighted by Crippen LogP contribution is -2.52. The highest BCUT2D eigenvalue weighted by molar-refractivity contribution is 5.83. The molecule has 0 radical (unpaired) electrons. The Morgan fingerprint density at radius 3 is 2.65 bits per heavy atom. The van der Waals surface area contributed by atoms with Crippen LogP contribution in [-0.2, 0) is 4.79 Å². The molecule has 0 aromatic carbocycles. The van der Waals surface area contributed by atoms with Crippen LogP contribution in [0.2, 0.25) is 0 Å². The predicted octanol–water partition coefficient (Wildman–Crippen LogP) is 2.44. The van der Waals surface area contributed by atoms with Crippen molar-refractivity contribution in [2.45, 2.75) is 70.4 Å². The van der Waals surface area contributed by atoms with Gasteiger partial charge in [0.15, 0.2) is 0 Å². The molecule has 20 heavy (non-hydrogen) atoms. The molecule has 0 aliphatic heterocycles. The molecule has 4 aliphatic rings. The lowest BCUT2D eigenvalue weighted by Gasteiger charge is -2.35. The van der Waals surface area contributed by atoms with Crippen molar-refractivity contribution >= 4 is 5.91 Å². The van der Waals surface area contributed by atoms with Gasteiger partial charge in [-0.25, -0.2) is 0 Å². The number of fused-ring (bicyclic) bond motifs is 5. The summed E-state index contributed by atoms with van der Waals surface area (Å²) < 4.78 is 0. The van der Waals surface area contributed by atoms with Gasteiger partial charge in [-0.15, -0.1) is 0 Å². The second kappa shape index (κ2) is 4.46. The van der Waals surface area contributed by atoms with Gasteiger partial charge < -0.3 is 11.1 Å². The molecule has 2 bridgehead atoms. The monoisotopic (exact) mass is 276 g/mol.